The molecule has 0 heterocycles. The van der Waals surface area contributed by atoms with Crippen molar-refractivity contribution in [3.63, 3.8) is 0 Å². The number of hydrogen-bond acceptors (Lipinski definition) is 2. The van der Waals surface area contributed by atoms with E-state index in [9.17, 15) is 14.4 Å². The van der Waals surface area contributed by atoms with Crippen LogP contribution in [0.4, 0.5) is 0 Å². The number of hydrogen-bond donors (Lipinski definition) is 3. The molecular formula is C15H18NO3P. The van der Waals surface area contributed by atoms with Crippen LogP contribution in [0.1, 0.15) is 24.1 Å². The van der Waals surface area contributed by atoms with Gasteiger partial charge in [-0.2, -0.15) is 0 Å². The molecule has 0 fully saturated rings. The van der Waals surface area contributed by atoms with Gasteiger partial charge in [0.1, 0.15) is 5.78 Å². The highest BCUT2D eigenvalue weighted by atomic mass is 31.2. The normalized spacial score (nSPS) is 13.4. The molecule has 2 aromatic carbocycles. The van der Waals surface area contributed by atoms with Gasteiger partial charge < -0.3 is 9.79 Å². The molecule has 106 valence electrons. The molecule has 0 amide bonds. The molecule has 0 saturated heterocycles. The SMILES string of the molecule is C[C@H](NC(c1ccccc1)c1ccccc1)P(=O)(O)O. The van der Waals surface area contributed by atoms with Gasteiger partial charge in [0.05, 0.1) is 6.04 Å². The minimum atomic E-state index is -4.16. The van der Waals surface area contributed by atoms with Gasteiger partial charge in [-0.05, 0) is 18.1 Å². The second kappa shape index (κ2) is 6.33. The number of benzene rings is 2. The first-order valence-corrected chi connectivity index (χ1v) is 8.08. The van der Waals surface area contributed by atoms with E-state index in [0.29, 0.717) is 0 Å². The van der Waals surface area contributed by atoms with E-state index in [4.69, 9.17) is 0 Å². The Morgan fingerprint density at radius 3 is 1.65 bits per heavy atom. The highest BCUT2D eigenvalue weighted by Gasteiger charge is 2.27. The van der Waals surface area contributed by atoms with Crippen LogP contribution in [0.2, 0.25) is 0 Å². The highest BCUT2D eigenvalue weighted by molar-refractivity contribution is 7.52. The van der Waals surface area contributed by atoms with Gasteiger partial charge in [0.15, 0.2) is 0 Å². The van der Waals surface area contributed by atoms with Crippen LogP contribution in [0.3, 0.4) is 0 Å². The highest BCUT2D eigenvalue weighted by Crippen LogP contribution is 2.41. The number of rotatable bonds is 5. The monoisotopic (exact) mass is 291 g/mol. The molecule has 1 atom stereocenters. The molecule has 0 aliphatic carbocycles. The Morgan fingerprint density at radius 2 is 1.30 bits per heavy atom. The predicted octanol–water partition coefficient (Wildman–Crippen LogP) is 2.89. The maximum absolute atomic E-state index is 11.4. The zero-order chi connectivity index (χ0) is 14.6. The minimum Gasteiger partial charge on any atom is -0.323 e. The summed E-state index contributed by atoms with van der Waals surface area (Å²) in [5, 5.41) is 3.03. The molecule has 0 aliphatic rings. The first kappa shape index (κ1) is 14.9. The van der Waals surface area contributed by atoms with Crippen molar-refractivity contribution < 1.29 is 14.4 Å². The van der Waals surface area contributed by atoms with Crippen molar-refractivity contribution in [1.29, 1.82) is 0 Å². The zero-order valence-corrected chi connectivity index (χ0v) is 12.1. The summed E-state index contributed by atoms with van der Waals surface area (Å²) in [6, 6.07) is 19.0. The van der Waals surface area contributed by atoms with Gasteiger partial charge in [0, 0.05) is 0 Å². The number of nitrogens with one attached hydrogen (secondary N) is 1. The van der Waals surface area contributed by atoms with Gasteiger partial charge >= 0.3 is 7.60 Å². The van der Waals surface area contributed by atoms with Gasteiger partial charge in [-0.3, -0.25) is 9.88 Å². The first-order chi connectivity index (χ1) is 9.48. The third-order valence-corrected chi connectivity index (χ3v) is 4.34. The molecule has 0 aromatic heterocycles. The van der Waals surface area contributed by atoms with Gasteiger partial charge in [-0.25, -0.2) is 0 Å². The second-order valence-electron chi connectivity index (χ2n) is 4.69. The molecule has 0 saturated carbocycles. The van der Waals surface area contributed by atoms with Crippen LogP contribution >= 0.6 is 7.60 Å². The fraction of sp³-hybridized carbons (Fsp3) is 0.200. The molecule has 0 radical (unpaired) electrons. The average molecular weight is 291 g/mol. The topological polar surface area (TPSA) is 69.6 Å². The molecule has 20 heavy (non-hydrogen) atoms. The Hall–Kier alpha value is -1.45. The standard InChI is InChI=1S/C15H18NO3P/c1-12(20(17,18)19)16-15(13-8-4-2-5-9-13)14-10-6-3-7-11-14/h2-12,15-16H,1H3,(H2,17,18,19)/t12-/m1/s1. The third kappa shape index (κ3) is 3.78. The summed E-state index contributed by atoms with van der Waals surface area (Å²) in [5.41, 5.74) is 1.94. The van der Waals surface area contributed by atoms with Crippen molar-refractivity contribution >= 4 is 7.60 Å². The maximum Gasteiger partial charge on any atom is 0.342 e. The van der Waals surface area contributed by atoms with Crippen LogP contribution in [-0.4, -0.2) is 15.6 Å². The van der Waals surface area contributed by atoms with Crippen molar-refractivity contribution in [2.24, 2.45) is 0 Å². The Morgan fingerprint density at radius 1 is 0.900 bits per heavy atom. The average Bonchev–Trinajstić information content (AvgIpc) is 2.45. The van der Waals surface area contributed by atoms with Crippen molar-refractivity contribution in [3.05, 3.63) is 71.8 Å². The Bertz CT molecular complexity index is 543. The van der Waals surface area contributed by atoms with Gasteiger partial charge in [0.2, 0.25) is 0 Å². The minimum absolute atomic E-state index is 0.250. The molecule has 5 heteroatoms. The van der Waals surface area contributed by atoms with Crippen LogP contribution in [0.15, 0.2) is 60.7 Å². The van der Waals surface area contributed by atoms with Crippen LogP contribution < -0.4 is 5.32 Å². The molecule has 0 spiro atoms. The van der Waals surface area contributed by atoms with E-state index >= 15 is 0 Å². The summed E-state index contributed by atoms with van der Waals surface area (Å²) in [6.07, 6.45) is 0. The Kier molecular flexibility index (Phi) is 4.73. The predicted molar refractivity (Wildman–Crippen MR) is 79.4 cm³/mol. The molecule has 0 bridgehead atoms. The van der Waals surface area contributed by atoms with E-state index in [0.717, 1.165) is 11.1 Å². The summed E-state index contributed by atoms with van der Waals surface area (Å²) in [4.78, 5) is 18.6. The van der Waals surface area contributed by atoms with Crippen LogP contribution in [-0.2, 0) is 4.57 Å². The summed E-state index contributed by atoms with van der Waals surface area (Å²) in [6.45, 7) is 1.50. The molecule has 4 nitrogen and oxygen atoms in total. The maximum atomic E-state index is 11.4. The third-order valence-electron chi connectivity index (χ3n) is 3.18. The van der Waals surface area contributed by atoms with Crippen LogP contribution in [0, 0.1) is 0 Å². The van der Waals surface area contributed by atoms with Crippen molar-refractivity contribution in [2.75, 3.05) is 0 Å². The smallest absolute Gasteiger partial charge is 0.323 e. The zero-order valence-electron chi connectivity index (χ0n) is 11.2. The fourth-order valence-electron chi connectivity index (χ4n) is 2.01. The Balaban J connectivity index is 2.33. The van der Waals surface area contributed by atoms with Crippen molar-refractivity contribution in [1.82, 2.24) is 5.32 Å². The quantitative estimate of drug-likeness (QED) is 0.741. The van der Waals surface area contributed by atoms with Gasteiger partial charge in [0.25, 0.3) is 0 Å². The van der Waals surface area contributed by atoms with E-state index < -0.39 is 13.4 Å². The van der Waals surface area contributed by atoms with Gasteiger partial charge in [-0.1, -0.05) is 60.7 Å². The lowest BCUT2D eigenvalue weighted by Crippen LogP contribution is -2.31. The summed E-state index contributed by atoms with van der Waals surface area (Å²) < 4.78 is 11.4. The molecular weight excluding hydrogens is 273 g/mol. The first-order valence-electron chi connectivity index (χ1n) is 6.39. The molecule has 3 N–H and O–H groups in total. The lowest BCUT2D eigenvalue weighted by Gasteiger charge is -2.24. The molecule has 0 aliphatic heterocycles. The van der Waals surface area contributed by atoms with Crippen LogP contribution in [0.25, 0.3) is 0 Å². The largest absolute Gasteiger partial charge is 0.342 e. The summed E-state index contributed by atoms with van der Waals surface area (Å²) in [5.74, 6) is -0.909. The summed E-state index contributed by atoms with van der Waals surface area (Å²) >= 11 is 0. The lowest BCUT2D eigenvalue weighted by molar-refractivity contribution is 0.346. The van der Waals surface area contributed by atoms with Gasteiger partial charge in [-0.15, -0.1) is 0 Å². The fourth-order valence-corrected chi connectivity index (χ4v) is 2.36. The molecule has 2 aromatic rings. The van der Waals surface area contributed by atoms with E-state index in [-0.39, 0.29) is 6.04 Å². The van der Waals surface area contributed by atoms with E-state index in [1.807, 2.05) is 60.7 Å². The van der Waals surface area contributed by atoms with E-state index in [1.165, 1.54) is 6.92 Å². The second-order valence-corrected chi connectivity index (χ2v) is 6.64. The van der Waals surface area contributed by atoms with E-state index in [2.05, 4.69) is 5.32 Å². The summed E-state index contributed by atoms with van der Waals surface area (Å²) in [7, 11) is -4.16. The van der Waals surface area contributed by atoms with E-state index in [1.54, 1.807) is 0 Å². The molecule has 2 rings (SSSR count). The lowest BCUT2D eigenvalue weighted by atomic mass is 9.99. The van der Waals surface area contributed by atoms with Crippen LogP contribution in [0.5, 0.6) is 0 Å². The Labute approximate surface area is 118 Å². The van der Waals surface area contributed by atoms with Crippen molar-refractivity contribution in [2.45, 2.75) is 18.7 Å². The van der Waals surface area contributed by atoms with Crippen molar-refractivity contribution in [3.8, 4) is 0 Å². The molecule has 0 unspecified atom stereocenters.